The van der Waals surface area contributed by atoms with Gasteiger partial charge >= 0.3 is 0 Å². The lowest BCUT2D eigenvalue weighted by molar-refractivity contribution is 0.0720. The number of benzene rings is 3. The zero-order valence-corrected chi connectivity index (χ0v) is 22.6. The summed E-state index contributed by atoms with van der Waals surface area (Å²) in [4.78, 5) is 17.5. The number of piperazine rings is 1. The standard InChI is InChI=1S/C30H35N3O4S/c1-37-28-16-15-26(23-27(28)30(34)32-17-9-4-10-18-32)38(35,36)33-21-19-31(20-22-33)29(24-11-5-2-6-12-24)25-13-7-3-8-14-25/h2-3,5-8,11-16,23,29H,4,9-10,17-22H2,1H3. The minimum Gasteiger partial charge on any atom is -0.496 e. The molecule has 200 valence electrons. The van der Waals surface area contributed by atoms with Crippen molar-refractivity contribution in [1.29, 1.82) is 0 Å². The molecule has 0 unspecified atom stereocenters. The quantitative estimate of drug-likeness (QED) is 0.450. The maximum absolute atomic E-state index is 13.7. The summed E-state index contributed by atoms with van der Waals surface area (Å²) in [6.07, 6.45) is 3.03. The molecule has 8 heteroatoms. The van der Waals surface area contributed by atoms with Crippen LogP contribution < -0.4 is 4.74 Å². The van der Waals surface area contributed by atoms with Gasteiger partial charge in [-0.25, -0.2) is 8.42 Å². The molecule has 0 bridgehead atoms. The first-order valence-electron chi connectivity index (χ1n) is 13.3. The first-order valence-corrected chi connectivity index (χ1v) is 14.7. The number of piperidine rings is 1. The Morgan fingerprint density at radius 3 is 1.89 bits per heavy atom. The molecular weight excluding hydrogens is 498 g/mol. The van der Waals surface area contributed by atoms with Gasteiger partial charge in [0, 0.05) is 39.3 Å². The Morgan fingerprint density at radius 1 is 0.763 bits per heavy atom. The number of carbonyl (C=O) groups is 1. The van der Waals surface area contributed by atoms with E-state index >= 15 is 0 Å². The van der Waals surface area contributed by atoms with Crippen LogP contribution in [-0.2, 0) is 10.0 Å². The van der Waals surface area contributed by atoms with Crippen molar-refractivity contribution in [2.75, 3.05) is 46.4 Å². The van der Waals surface area contributed by atoms with Gasteiger partial charge in [-0.15, -0.1) is 0 Å². The van der Waals surface area contributed by atoms with Crippen LogP contribution in [0.5, 0.6) is 5.75 Å². The third-order valence-electron chi connectivity index (χ3n) is 7.55. The van der Waals surface area contributed by atoms with Crippen LogP contribution in [0.2, 0.25) is 0 Å². The minimum absolute atomic E-state index is 0.0528. The van der Waals surface area contributed by atoms with Crippen LogP contribution in [0.25, 0.3) is 0 Å². The molecule has 3 aromatic carbocycles. The zero-order valence-electron chi connectivity index (χ0n) is 21.8. The first-order chi connectivity index (χ1) is 18.5. The number of hydrogen-bond acceptors (Lipinski definition) is 5. The Hall–Kier alpha value is -3.20. The molecule has 0 aromatic heterocycles. The lowest BCUT2D eigenvalue weighted by atomic mass is 9.96. The average Bonchev–Trinajstić information content (AvgIpc) is 2.98. The summed E-state index contributed by atoms with van der Waals surface area (Å²) in [7, 11) is -2.27. The predicted octanol–water partition coefficient (Wildman–Crippen LogP) is 4.42. The van der Waals surface area contributed by atoms with Crippen molar-refractivity contribution in [3.05, 3.63) is 95.6 Å². The molecule has 1 amide bonds. The van der Waals surface area contributed by atoms with Gasteiger partial charge in [0.1, 0.15) is 5.75 Å². The Bertz CT molecular complexity index is 1290. The normalized spacial score (nSPS) is 17.5. The molecule has 2 aliphatic heterocycles. The third kappa shape index (κ3) is 5.48. The highest BCUT2D eigenvalue weighted by Crippen LogP contribution is 2.31. The number of methoxy groups -OCH3 is 1. The summed E-state index contributed by atoms with van der Waals surface area (Å²) in [6, 6.07) is 25.4. The molecular formula is C30H35N3O4S. The van der Waals surface area contributed by atoms with Crippen molar-refractivity contribution in [2.45, 2.75) is 30.2 Å². The molecule has 0 N–H and O–H groups in total. The number of carbonyl (C=O) groups excluding carboxylic acids is 1. The molecule has 5 rings (SSSR count). The number of ether oxygens (including phenoxy) is 1. The molecule has 2 aliphatic rings. The largest absolute Gasteiger partial charge is 0.496 e. The zero-order chi connectivity index (χ0) is 26.5. The van der Waals surface area contributed by atoms with E-state index in [9.17, 15) is 13.2 Å². The van der Waals surface area contributed by atoms with E-state index in [1.165, 1.54) is 28.6 Å². The maximum Gasteiger partial charge on any atom is 0.257 e. The van der Waals surface area contributed by atoms with E-state index in [0.717, 1.165) is 19.3 Å². The van der Waals surface area contributed by atoms with Crippen LogP contribution in [0, 0.1) is 0 Å². The van der Waals surface area contributed by atoms with Crippen LogP contribution >= 0.6 is 0 Å². The highest BCUT2D eigenvalue weighted by Gasteiger charge is 2.33. The molecule has 0 saturated carbocycles. The van der Waals surface area contributed by atoms with E-state index < -0.39 is 10.0 Å². The Morgan fingerprint density at radius 2 is 1.34 bits per heavy atom. The summed E-state index contributed by atoms with van der Waals surface area (Å²) in [5, 5.41) is 0. The molecule has 2 fully saturated rings. The fourth-order valence-electron chi connectivity index (χ4n) is 5.52. The number of nitrogens with zero attached hydrogens (tertiary/aromatic N) is 3. The van der Waals surface area contributed by atoms with Crippen molar-refractivity contribution >= 4 is 15.9 Å². The fraction of sp³-hybridized carbons (Fsp3) is 0.367. The summed E-state index contributed by atoms with van der Waals surface area (Å²) < 4.78 is 34.4. The topological polar surface area (TPSA) is 70.2 Å². The van der Waals surface area contributed by atoms with Gasteiger partial charge in [-0.1, -0.05) is 60.7 Å². The van der Waals surface area contributed by atoms with Crippen LogP contribution in [0.15, 0.2) is 83.8 Å². The van der Waals surface area contributed by atoms with E-state index in [2.05, 4.69) is 29.2 Å². The smallest absolute Gasteiger partial charge is 0.257 e. The van der Waals surface area contributed by atoms with Crippen molar-refractivity contribution in [2.24, 2.45) is 0 Å². The summed E-state index contributed by atoms with van der Waals surface area (Å²) in [5.74, 6) is 0.231. The number of amides is 1. The number of sulfonamides is 1. The molecule has 2 heterocycles. The number of hydrogen-bond donors (Lipinski definition) is 0. The molecule has 0 aliphatic carbocycles. The number of likely N-dealkylation sites (tertiary alicyclic amines) is 1. The highest BCUT2D eigenvalue weighted by atomic mass is 32.2. The molecule has 7 nitrogen and oxygen atoms in total. The lowest BCUT2D eigenvalue weighted by Gasteiger charge is -2.39. The third-order valence-corrected chi connectivity index (χ3v) is 9.45. The van der Waals surface area contributed by atoms with Gasteiger partial charge in [0.05, 0.1) is 23.6 Å². The van der Waals surface area contributed by atoms with E-state index in [-0.39, 0.29) is 16.8 Å². The second-order valence-electron chi connectivity index (χ2n) is 9.88. The average molecular weight is 534 g/mol. The lowest BCUT2D eigenvalue weighted by Crippen LogP contribution is -2.49. The van der Waals surface area contributed by atoms with Crippen LogP contribution in [0.1, 0.15) is 46.8 Å². The fourth-order valence-corrected chi connectivity index (χ4v) is 6.97. The second-order valence-corrected chi connectivity index (χ2v) is 11.8. The predicted molar refractivity (Wildman–Crippen MR) is 148 cm³/mol. The summed E-state index contributed by atoms with van der Waals surface area (Å²) in [6.45, 7) is 3.32. The molecule has 2 saturated heterocycles. The Balaban J connectivity index is 1.36. The van der Waals surface area contributed by atoms with E-state index in [1.54, 1.807) is 17.0 Å². The van der Waals surface area contributed by atoms with Crippen LogP contribution in [-0.4, -0.2) is 74.8 Å². The van der Waals surface area contributed by atoms with Gasteiger partial charge in [-0.2, -0.15) is 4.31 Å². The Labute approximate surface area is 225 Å². The van der Waals surface area contributed by atoms with Gasteiger partial charge in [0.15, 0.2) is 0 Å². The molecule has 0 radical (unpaired) electrons. The number of rotatable bonds is 7. The molecule has 3 aromatic rings. The van der Waals surface area contributed by atoms with Crippen molar-refractivity contribution in [3.63, 3.8) is 0 Å². The molecule has 0 atom stereocenters. The highest BCUT2D eigenvalue weighted by molar-refractivity contribution is 7.89. The maximum atomic E-state index is 13.7. The van der Waals surface area contributed by atoms with Crippen molar-refractivity contribution in [1.82, 2.24) is 14.1 Å². The van der Waals surface area contributed by atoms with Crippen molar-refractivity contribution in [3.8, 4) is 5.75 Å². The first kappa shape index (κ1) is 26.4. The Kier molecular flexibility index (Phi) is 8.12. The van der Waals surface area contributed by atoms with Gasteiger partial charge in [0.25, 0.3) is 5.91 Å². The second kappa shape index (κ2) is 11.7. The van der Waals surface area contributed by atoms with Crippen LogP contribution in [0.3, 0.4) is 0 Å². The van der Waals surface area contributed by atoms with E-state index in [4.69, 9.17) is 4.74 Å². The van der Waals surface area contributed by atoms with E-state index in [0.29, 0.717) is 50.6 Å². The molecule has 38 heavy (non-hydrogen) atoms. The van der Waals surface area contributed by atoms with Crippen LogP contribution in [0.4, 0.5) is 0 Å². The minimum atomic E-state index is -3.77. The van der Waals surface area contributed by atoms with E-state index in [1.807, 2.05) is 36.4 Å². The SMILES string of the molecule is COc1ccc(S(=O)(=O)N2CCN(C(c3ccccc3)c3ccccc3)CC2)cc1C(=O)N1CCCCC1. The monoisotopic (exact) mass is 533 g/mol. The van der Waals surface area contributed by atoms with Gasteiger partial charge < -0.3 is 9.64 Å². The molecule has 0 spiro atoms. The van der Waals surface area contributed by atoms with Gasteiger partial charge in [-0.05, 0) is 48.6 Å². The van der Waals surface area contributed by atoms with Crippen molar-refractivity contribution < 1.29 is 17.9 Å². The van der Waals surface area contributed by atoms with Gasteiger partial charge in [-0.3, -0.25) is 9.69 Å². The summed E-state index contributed by atoms with van der Waals surface area (Å²) in [5.41, 5.74) is 2.68. The van der Waals surface area contributed by atoms with Gasteiger partial charge in [0.2, 0.25) is 10.0 Å². The summed E-state index contributed by atoms with van der Waals surface area (Å²) >= 11 is 0.